The summed E-state index contributed by atoms with van der Waals surface area (Å²) < 4.78 is 0. The van der Waals surface area contributed by atoms with E-state index in [1.165, 1.54) is 29.5 Å². The number of H-pyrrole nitrogens is 1. The molecule has 2 aromatic rings. The van der Waals surface area contributed by atoms with Crippen molar-refractivity contribution in [3.8, 4) is 0 Å². The molecule has 0 saturated heterocycles. The second-order valence-electron chi connectivity index (χ2n) is 6.98. The van der Waals surface area contributed by atoms with Gasteiger partial charge in [0, 0.05) is 32.0 Å². The Kier molecular flexibility index (Phi) is 3.57. The molecular formula is C19H23N3O. The molecule has 1 fully saturated rings. The van der Waals surface area contributed by atoms with Crippen LogP contribution in [-0.2, 0) is 19.5 Å². The molecule has 4 heteroatoms. The predicted octanol–water partition coefficient (Wildman–Crippen LogP) is 2.82. The Labute approximate surface area is 136 Å². The highest BCUT2D eigenvalue weighted by Gasteiger charge is 2.29. The summed E-state index contributed by atoms with van der Waals surface area (Å²) in [6, 6.07) is 6.43. The fourth-order valence-corrected chi connectivity index (χ4v) is 3.51. The maximum Gasteiger partial charge on any atom is 0.255 e. The van der Waals surface area contributed by atoms with Crippen molar-refractivity contribution in [2.75, 3.05) is 6.54 Å². The molecule has 1 aliphatic carbocycles. The topological polar surface area (TPSA) is 49.0 Å². The van der Waals surface area contributed by atoms with Crippen LogP contribution in [-0.4, -0.2) is 21.4 Å². The van der Waals surface area contributed by atoms with Gasteiger partial charge < -0.3 is 4.98 Å². The van der Waals surface area contributed by atoms with E-state index in [0.29, 0.717) is 12.5 Å². The summed E-state index contributed by atoms with van der Waals surface area (Å²) >= 11 is 0. The molecule has 1 N–H and O–H groups in total. The Balaban J connectivity index is 1.58. The van der Waals surface area contributed by atoms with Crippen molar-refractivity contribution in [3.63, 3.8) is 0 Å². The summed E-state index contributed by atoms with van der Waals surface area (Å²) in [6.45, 7) is 6.91. The van der Waals surface area contributed by atoms with Crippen LogP contribution in [0.1, 0.15) is 52.5 Å². The largest absolute Gasteiger partial charge is 0.310 e. The monoisotopic (exact) mass is 309 g/mol. The van der Waals surface area contributed by atoms with Gasteiger partial charge in [-0.05, 0) is 43.4 Å². The third-order valence-electron chi connectivity index (χ3n) is 5.16. The lowest BCUT2D eigenvalue weighted by Crippen LogP contribution is -2.36. The Morgan fingerprint density at radius 1 is 1.26 bits per heavy atom. The highest BCUT2D eigenvalue weighted by molar-refractivity contribution is 5.33. The van der Waals surface area contributed by atoms with Crippen LogP contribution >= 0.6 is 0 Å². The number of rotatable bonds is 3. The van der Waals surface area contributed by atoms with Crippen LogP contribution in [0.25, 0.3) is 0 Å². The molecule has 0 unspecified atom stereocenters. The highest BCUT2D eigenvalue weighted by atomic mass is 16.1. The molecule has 2 heterocycles. The number of benzene rings is 1. The number of hydrogen-bond donors (Lipinski definition) is 1. The Bertz CT molecular complexity index is 784. The molecule has 0 radical (unpaired) electrons. The normalized spacial score (nSPS) is 18.0. The summed E-state index contributed by atoms with van der Waals surface area (Å²) in [5.74, 6) is 1.41. The zero-order valence-electron chi connectivity index (χ0n) is 13.9. The predicted molar refractivity (Wildman–Crippen MR) is 90.6 cm³/mol. The fraction of sp³-hybridized carbons (Fsp3) is 0.474. The Morgan fingerprint density at radius 2 is 2.00 bits per heavy atom. The molecule has 4 rings (SSSR count). The van der Waals surface area contributed by atoms with Crippen molar-refractivity contribution in [2.45, 2.75) is 52.1 Å². The van der Waals surface area contributed by atoms with Crippen LogP contribution in [0.5, 0.6) is 0 Å². The first kappa shape index (κ1) is 14.6. The van der Waals surface area contributed by atoms with E-state index in [-0.39, 0.29) is 5.56 Å². The Morgan fingerprint density at radius 3 is 2.70 bits per heavy atom. The molecule has 23 heavy (non-hydrogen) atoms. The van der Waals surface area contributed by atoms with Crippen molar-refractivity contribution >= 4 is 0 Å². The molecule has 1 saturated carbocycles. The van der Waals surface area contributed by atoms with Crippen LogP contribution in [0.2, 0.25) is 0 Å². The number of nitrogens with zero attached hydrogens (tertiary/aromatic N) is 2. The van der Waals surface area contributed by atoms with Crippen molar-refractivity contribution in [1.82, 2.24) is 14.9 Å². The minimum Gasteiger partial charge on any atom is -0.310 e. The van der Waals surface area contributed by atoms with Crippen molar-refractivity contribution < 1.29 is 0 Å². The lowest BCUT2D eigenvalue weighted by Gasteiger charge is -2.28. The van der Waals surface area contributed by atoms with Gasteiger partial charge in [0.25, 0.3) is 5.56 Å². The maximum atomic E-state index is 12.4. The first-order chi connectivity index (χ1) is 11.1. The number of hydrogen-bond acceptors (Lipinski definition) is 3. The number of aromatic nitrogens is 2. The third-order valence-corrected chi connectivity index (χ3v) is 5.16. The smallest absolute Gasteiger partial charge is 0.255 e. The van der Waals surface area contributed by atoms with E-state index in [9.17, 15) is 4.79 Å². The molecule has 0 atom stereocenters. The average molecular weight is 309 g/mol. The summed E-state index contributed by atoms with van der Waals surface area (Å²) in [5.41, 5.74) is 6.00. The van der Waals surface area contributed by atoms with E-state index >= 15 is 0 Å². The fourth-order valence-electron chi connectivity index (χ4n) is 3.51. The molecule has 0 spiro atoms. The first-order valence-corrected chi connectivity index (χ1v) is 8.51. The number of nitrogens with one attached hydrogen (secondary N) is 1. The van der Waals surface area contributed by atoms with Crippen molar-refractivity contribution in [2.24, 2.45) is 0 Å². The maximum absolute atomic E-state index is 12.4. The van der Waals surface area contributed by atoms with Crippen molar-refractivity contribution in [3.05, 3.63) is 62.3 Å². The molecule has 0 bridgehead atoms. The lowest BCUT2D eigenvalue weighted by molar-refractivity contribution is 0.240. The van der Waals surface area contributed by atoms with E-state index in [1.54, 1.807) is 0 Å². The van der Waals surface area contributed by atoms with Crippen LogP contribution in [0.15, 0.2) is 23.0 Å². The first-order valence-electron chi connectivity index (χ1n) is 8.51. The summed E-state index contributed by atoms with van der Waals surface area (Å²) in [6.07, 6.45) is 3.21. The molecule has 2 aliphatic rings. The summed E-state index contributed by atoms with van der Waals surface area (Å²) in [7, 11) is 0. The van der Waals surface area contributed by atoms with Gasteiger partial charge in [-0.3, -0.25) is 9.69 Å². The van der Waals surface area contributed by atoms with Crippen LogP contribution in [0.3, 0.4) is 0 Å². The zero-order valence-corrected chi connectivity index (χ0v) is 13.9. The number of aromatic amines is 1. The van der Waals surface area contributed by atoms with Gasteiger partial charge in [-0.2, -0.15) is 0 Å². The number of fused-ring (bicyclic) bond motifs is 1. The van der Waals surface area contributed by atoms with Gasteiger partial charge >= 0.3 is 0 Å². The molecule has 1 aromatic heterocycles. The van der Waals surface area contributed by atoms with Gasteiger partial charge in [-0.15, -0.1) is 0 Å². The Hall–Kier alpha value is -1.94. The minimum atomic E-state index is 0.0723. The van der Waals surface area contributed by atoms with Gasteiger partial charge in [0.15, 0.2) is 0 Å². The SMILES string of the molecule is Cc1cccc(C)c1CN1CCc2nc(C3CC3)[nH]c(=O)c2C1. The van der Waals surface area contributed by atoms with E-state index in [4.69, 9.17) is 4.98 Å². The van der Waals surface area contributed by atoms with Gasteiger partial charge in [-0.1, -0.05) is 18.2 Å². The molecule has 1 aromatic carbocycles. The second kappa shape index (κ2) is 5.60. The second-order valence-corrected chi connectivity index (χ2v) is 6.98. The third kappa shape index (κ3) is 2.83. The summed E-state index contributed by atoms with van der Waals surface area (Å²) in [5, 5.41) is 0. The standard InChI is InChI=1S/C19H23N3O/c1-12-4-3-5-13(2)15(12)10-22-9-8-17-16(11-22)19(23)21-18(20-17)14-6-7-14/h3-5,14H,6-11H2,1-2H3,(H,20,21,23). The molecule has 4 nitrogen and oxygen atoms in total. The summed E-state index contributed by atoms with van der Waals surface area (Å²) in [4.78, 5) is 22.5. The highest BCUT2D eigenvalue weighted by Crippen LogP contribution is 2.37. The van der Waals surface area contributed by atoms with Gasteiger partial charge in [0.1, 0.15) is 5.82 Å². The lowest BCUT2D eigenvalue weighted by atomic mass is 10.0. The minimum absolute atomic E-state index is 0.0723. The molecular weight excluding hydrogens is 286 g/mol. The van der Waals surface area contributed by atoms with E-state index in [2.05, 4.69) is 41.9 Å². The van der Waals surface area contributed by atoms with E-state index < -0.39 is 0 Å². The number of aryl methyl sites for hydroxylation is 2. The quantitative estimate of drug-likeness (QED) is 0.948. The zero-order chi connectivity index (χ0) is 16.0. The molecule has 1 aliphatic heterocycles. The van der Waals surface area contributed by atoms with Gasteiger partial charge in [0.05, 0.1) is 11.3 Å². The van der Waals surface area contributed by atoms with Crippen LogP contribution in [0.4, 0.5) is 0 Å². The van der Waals surface area contributed by atoms with E-state index in [1.807, 2.05) is 0 Å². The average Bonchev–Trinajstić information content (AvgIpc) is 3.36. The van der Waals surface area contributed by atoms with Crippen LogP contribution in [0, 0.1) is 13.8 Å². The molecule has 0 amide bonds. The molecule has 120 valence electrons. The van der Waals surface area contributed by atoms with E-state index in [0.717, 1.165) is 36.6 Å². The van der Waals surface area contributed by atoms with Gasteiger partial charge in [0.2, 0.25) is 0 Å². The van der Waals surface area contributed by atoms with Crippen LogP contribution < -0.4 is 5.56 Å². The van der Waals surface area contributed by atoms with Crippen molar-refractivity contribution in [1.29, 1.82) is 0 Å². The van der Waals surface area contributed by atoms with Gasteiger partial charge in [-0.25, -0.2) is 4.98 Å².